The second-order valence-electron chi connectivity index (χ2n) is 3.95. The Hall–Kier alpha value is -2.11. The van der Waals surface area contributed by atoms with Crippen LogP contribution in [0, 0.1) is 17.0 Å². The number of non-ortho nitro benzene ring substituents is 1. The van der Waals surface area contributed by atoms with E-state index in [9.17, 15) is 14.9 Å². The highest BCUT2D eigenvalue weighted by Crippen LogP contribution is 2.24. The van der Waals surface area contributed by atoms with Crippen molar-refractivity contribution in [2.24, 2.45) is 0 Å². The Kier molecular flexibility index (Phi) is 4.65. The molecule has 0 saturated carbocycles. The molecule has 0 saturated heterocycles. The van der Waals surface area contributed by atoms with Gasteiger partial charge in [-0.2, -0.15) is 0 Å². The van der Waals surface area contributed by atoms with E-state index in [0.29, 0.717) is 13.1 Å². The van der Waals surface area contributed by atoms with E-state index < -0.39 is 10.9 Å². The van der Waals surface area contributed by atoms with Crippen LogP contribution in [0.1, 0.15) is 18.9 Å². The highest BCUT2D eigenvalue weighted by atomic mass is 16.6. The third kappa shape index (κ3) is 3.44. The smallest absolute Gasteiger partial charge is 0.305 e. The first-order valence-corrected chi connectivity index (χ1v) is 5.67. The zero-order valence-electron chi connectivity index (χ0n) is 10.4. The molecule has 0 aliphatic rings. The largest absolute Gasteiger partial charge is 0.481 e. The summed E-state index contributed by atoms with van der Waals surface area (Å²) in [4.78, 5) is 22.7. The minimum absolute atomic E-state index is 0.0459. The second-order valence-corrected chi connectivity index (χ2v) is 3.95. The molecule has 0 aromatic heterocycles. The SMILES string of the molecule is CCN(CCC(=O)O)c1ccc([N+](=O)[O-])cc1C. The zero-order valence-corrected chi connectivity index (χ0v) is 10.4. The summed E-state index contributed by atoms with van der Waals surface area (Å²) in [6, 6.07) is 4.60. The standard InChI is InChI=1S/C12H16N2O4/c1-3-13(7-6-12(15)16)11-5-4-10(14(17)18)8-9(11)2/h4-5,8H,3,6-7H2,1-2H3,(H,15,16). The van der Waals surface area contributed by atoms with Crippen molar-refractivity contribution >= 4 is 17.3 Å². The number of benzene rings is 1. The second kappa shape index (κ2) is 6.00. The number of aliphatic carboxylic acids is 1. The van der Waals surface area contributed by atoms with Gasteiger partial charge < -0.3 is 10.0 Å². The summed E-state index contributed by atoms with van der Waals surface area (Å²) in [7, 11) is 0. The van der Waals surface area contributed by atoms with Gasteiger partial charge in [-0.25, -0.2) is 0 Å². The number of aryl methyl sites for hydroxylation is 1. The molecule has 6 heteroatoms. The highest BCUT2D eigenvalue weighted by molar-refractivity contribution is 5.68. The van der Waals surface area contributed by atoms with Gasteiger partial charge in [-0.05, 0) is 25.5 Å². The first-order valence-electron chi connectivity index (χ1n) is 5.67. The predicted molar refractivity (Wildman–Crippen MR) is 68.0 cm³/mol. The molecule has 0 radical (unpaired) electrons. The molecular formula is C12H16N2O4. The van der Waals surface area contributed by atoms with Crippen molar-refractivity contribution in [2.45, 2.75) is 20.3 Å². The summed E-state index contributed by atoms with van der Waals surface area (Å²) >= 11 is 0. The highest BCUT2D eigenvalue weighted by Gasteiger charge is 2.13. The van der Waals surface area contributed by atoms with Crippen molar-refractivity contribution in [3.8, 4) is 0 Å². The average molecular weight is 252 g/mol. The number of nitrogens with zero attached hydrogens (tertiary/aromatic N) is 2. The number of carboxylic acids is 1. The summed E-state index contributed by atoms with van der Waals surface area (Å²) < 4.78 is 0. The number of hydrogen-bond acceptors (Lipinski definition) is 4. The van der Waals surface area contributed by atoms with Crippen LogP contribution in [-0.4, -0.2) is 29.1 Å². The van der Waals surface area contributed by atoms with Crippen LogP contribution < -0.4 is 4.90 Å². The van der Waals surface area contributed by atoms with Gasteiger partial charge in [0.1, 0.15) is 0 Å². The Morgan fingerprint density at radius 3 is 2.61 bits per heavy atom. The molecule has 0 heterocycles. The molecule has 0 amide bonds. The monoisotopic (exact) mass is 252 g/mol. The molecule has 0 unspecified atom stereocenters. The summed E-state index contributed by atoms with van der Waals surface area (Å²) in [5, 5.41) is 19.3. The molecule has 0 aliphatic heterocycles. The lowest BCUT2D eigenvalue weighted by Gasteiger charge is -2.24. The van der Waals surface area contributed by atoms with Crippen LogP contribution in [0.4, 0.5) is 11.4 Å². The molecule has 0 bridgehead atoms. The van der Waals surface area contributed by atoms with Gasteiger partial charge in [0.15, 0.2) is 0 Å². The number of carbonyl (C=O) groups is 1. The van der Waals surface area contributed by atoms with Crippen molar-refractivity contribution < 1.29 is 14.8 Å². The van der Waals surface area contributed by atoms with E-state index >= 15 is 0 Å². The molecule has 98 valence electrons. The molecule has 1 aromatic rings. The quantitative estimate of drug-likeness (QED) is 0.619. The van der Waals surface area contributed by atoms with Crippen LogP contribution in [0.25, 0.3) is 0 Å². The maximum Gasteiger partial charge on any atom is 0.305 e. The number of hydrogen-bond donors (Lipinski definition) is 1. The van der Waals surface area contributed by atoms with Crippen molar-refractivity contribution in [3.05, 3.63) is 33.9 Å². The minimum Gasteiger partial charge on any atom is -0.481 e. The topological polar surface area (TPSA) is 83.7 Å². The van der Waals surface area contributed by atoms with Crippen LogP contribution >= 0.6 is 0 Å². The maximum atomic E-state index is 10.6. The summed E-state index contributed by atoms with van der Waals surface area (Å²) in [5.41, 5.74) is 1.66. The fourth-order valence-electron chi connectivity index (χ4n) is 1.79. The number of nitro groups is 1. The van der Waals surface area contributed by atoms with E-state index in [0.717, 1.165) is 11.3 Å². The molecule has 6 nitrogen and oxygen atoms in total. The summed E-state index contributed by atoms with van der Waals surface area (Å²) in [5.74, 6) is -0.854. The lowest BCUT2D eigenvalue weighted by molar-refractivity contribution is -0.384. The zero-order chi connectivity index (χ0) is 13.7. The Morgan fingerprint density at radius 2 is 2.17 bits per heavy atom. The molecular weight excluding hydrogens is 236 g/mol. The molecule has 1 rings (SSSR count). The van der Waals surface area contributed by atoms with Gasteiger partial charge in [0, 0.05) is 30.9 Å². The van der Waals surface area contributed by atoms with Gasteiger partial charge in [0.2, 0.25) is 0 Å². The van der Waals surface area contributed by atoms with E-state index in [1.807, 2.05) is 11.8 Å². The Labute approximate surface area is 105 Å². The number of rotatable bonds is 6. The van der Waals surface area contributed by atoms with Crippen LogP contribution in [0.15, 0.2) is 18.2 Å². The Bertz CT molecular complexity index is 459. The average Bonchev–Trinajstić information content (AvgIpc) is 2.30. The van der Waals surface area contributed by atoms with Gasteiger partial charge in [-0.3, -0.25) is 14.9 Å². The Morgan fingerprint density at radius 1 is 1.50 bits per heavy atom. The fraction of sp³-hybridized carbons (Fsp3) is 0.417. The molecule has 0 fully saturated rings. The normalized spacial score (nSPS) is 10.1. The summed E-state index contributed by atoms with van der Waals surface area (Å²) in [6.07, 6.45) is 0.0459. The van der Waals surface area contributed by atoms with Crippen molar-refractivity contribution in [3.63, 3.8) is 0 Å². The molecule has 18 heavy (non-hydrogen) atoms. The lowest BCUT2D eigenvalue weighted by atomic mass is 10.1. The maximum absolute atomic E-state index is 10.6. The fourth-order valence-corrected chi connectivity index (χ4v) is 1.79. The Balaban J connectivity index is 2.92. The van der Waals surface area contributed by atoms with E-state index in [4.69, 9.17) is 5.11 Å². The van der Waals surface area contributed by atoms with E-state index in [1.54, 1.807) is 13.0 Å². The van der Waals surface area contributed by atoms with Gasteiger partial charge in [0.05, 0.1) is 11.3 Å². The van der Waals surface area contributed by atoms with E-state index in [1.165, 1.54) is 12.1 Å². The van der Waals surface area contributed by atoms with Crippen molar-refractivity contribution in [2.75, 3.05) is 18.0 Å². The van der Waals surface area contributed by atoms with Crippen LogP contribution in [0.5, 0.6) is 0 Å². The van der Waals surface area contributed by atoms with Crippen LogP contribution in [0.3, 0.4) is 0 Å². The van der Waals surface area contributed by atoms with Gasteiger partial charge >= 0.3 is 5.97 Å². The third-order valence-corrected chi connectivity index (χ3v) is 2.71. The van der Waals surface area contributed by atoms with E-state index in [2.05, 4.69) is 0 Å². The lowest BCUT2D eigenvalue weighted by Crippen LogP contribution is -2.26. The van der Waals surface area contributed by atoms with Crippen LogP contribution in [0.2, 0.25) is 0 Å². The van der Waals surface area contributed by atoms with Gasteiger partial charge in [-0.1, -0.05) is 0 Å². The minimum atomic E-state index is -0.854. The van der Waals surface area contributed by atoms with Crippen molar-refractivity contribution in [1.82, 2.24) is 0 Å². The number of carboxylic acid groups (broad SMARTS) is 1. The predicted octanol–water partition coefficient (Wildman–Crippen LogP) is 2.20. The molecule has 0 atom stereocenters. The van der Waals surface area contributed by atoms with E-state index in [-0.39, 0.29) is 12.1 Å². The van der Waals surface area contributed by atoms with Crippen molar-refractivity contribution in [1.29, 1.82) is 0 Å². The molecule has 1 N–H and O–H groups in total. The first-order chi connectivity index (χ1) is 8.45. The number of nitro benzene ring substituents is 1. The van der Waals surface area contributed by atoms with Crippen LogP contribution in [-0.2, 0) is 4.79 Å². The van der Waals surface area contributed by atoms with Gasteiger partial charge in [0.25, 0.3) is 5.69 Å². The first kappa shape index (κ1) is 14.0. The molecule has 0 aliphatic carbocycles. The molecule has 0 spiro atoms. The third-order valence-electron chi connectivity index (χ3n) is 2.71. The van der Waals surface area contributed by atoms with Gasteiger partial charge in [-0.15, -0.1) is 0 Å². The number of anilines is 1. The summed E-state index contributed by atoms with van der Waals surface area (Å²) in [6.45, 7) is 4.75. The molecule has 1 aromatic carbocycles.